The molecule has 12 heteroatoms. The van der Waals surface area contributed by atoms with Crippen molar-refractivity contribution in [1.29, 1.82) is 0 Å². The van der Waals surface area contributed by atoms with Gasteiger partial charge in [-0.25, -0.2) is 9.59 Å². The van der Waals surface area contributed by atoms with Crippen molar-refractivity contribution in [3.05, 3.63) is 144 Å². The monoisotopic (exact) mass is 801 g/mol. The van der Waals surface area contributed by atoms with Crippen molar-refractivity contribution in [3.63, 3.8) is 0 Å². The summed E-state index contributed by atoms with van der Waals surface area (Å²) >= 11 is 0. The number of carbonyl (C=O) groups excluding carboxylic acids is 5. The van der Waals surface area contributed by atoms with Crippen LogP contribution in [0.1, 0.15) is 83.6 Å². The maximum atomic E-state index is 14.3. The first kappa shape index (κ1) is 43.8. The van der Waals surface area contributed by atoms with Crippen molar-refractivity contribution in [2.24, 2.45) is 5.73 Å². The Hall–Kier alpha value is -6.27. The van der Waals surface area contributed by atoms with Gasteiger partial charge < -0.3 is 31.2 Å². The number of para-hydroxylation sites is 1. The normalized spacial score (nSPS) is 13.4. The lowest BCUT2D eigenvalue weighted by Gasteiger charge is -2.37. The lowest BCUT2D eigenvalue weighted by Crippen LogP contribution is -2.55. The minimum Gasteiger partial charge on any atom is -0.458 e. The first-order valence-corrected chi connectivity index (χ1v) is 19.8. The second-order valence-corrected chi connectivity index (χ2v) is 16.6. The highest BCUT2D eigenvalue weighted by molar-refractivity contribution is 5.95. The van der Waals surface area contributed by atoms with E-state index in [1.54, 1.807) is 65.9 Å². The van der Waals surface area contributed by atoms with Gasteiger partial charge in [0, 0.05) is 24.4 Å². The molecule has 59 heavy (non-hydrogen) atoms. The van der Waals surface area contributed by atoms with Gasteiger partial charge in [0.2, 0.25) is 17.7 Å². The van der Waals surface area contributed by atoms with Crippen molar-refractivity contribution in [2.75, 3.05) is 0 Å². The Morgan fingerprint density at radius 3 is 1.61 bits per heavy atom. The number of benzene rings is 4. The number of carbonyl (C=O) groups is 5. The Labute approximate surface area is 345 Å². The molecule has 0 aliphatic heterocycles. The van der Waals surface area contributed by atoms with Gasteiger partial charge in [-0.05, 0) is 83.2 Å². The number of hydrogen-bond donors (Lipinski definition) is 4. The van der Waals surface area contributed by atoms with Crippen LogP contribution in [0, 0.1) is 0 Å². The zero-order valence-electron chi connectivity index (χ0n) is 34.8. The molecule has 5 N–H and O–H groups in total. The number of nitrogens with zero attached hydrogens (tertiary/aromatic N) is 1. The molecule has 0 unspecified atom stereocenters. The van der Waals surface area contributed by atoms with Crippen LogP contribution in [-0.4, -0.2) is 63.7 Å². The third-order valence-corrected chi connectivity index (χ3v) is 9.47. The number of amides is 3. The quantitative estimate of drug-likeness (QED) is 0.0727. The molecular weight excluding hydrogens is 747 g/mol. The first-order chi connectivity index (χ1) is 27.9. The van der Waals surface area contributed by atoms with Gasteiger partial charge in [-0.1, -0.05) is 109 Å². The molecule has 1 aromatic heterocycles. The molecule has 0 spiro atoms. The van der Waals surface area contributed by atoms with Crippen LogP contribution in [0.5, 0.6) is 0 Å². The number of ether oxygens (including phenoxy) is 2. The lowest BCUT2D eigenvalue weighted by atomic mass is 9.77. The van der Waals surface area contributed by atoms with E-state index in [4.69, 9.17) is 15.2 Å². The maximum absolute atomic E-state index is 14.3. The van der Waals surface area contributed by atoms with Gasteiger partial charge in [0.15, 0.2) is 0 Å². The van der Waals surface area contributed by atoms with E-state index in [1.807, 2.05) is 97.1 Å². The van der Waals surface area contributed by atoms with Crippen LogP contribution in [0.4, 0.5) is 4.79 Å². The summed E-state index contributed by atoms with van der Waals surface area (Å²) in [5, 5.41) is 9.43. The van der Waals surface area contributed by atoms with E-state index in [1.165, 1.54) is 11.5 Å². The number of fused-ring (bicyclic) bond motifs is 1. The Morgan fingerprint density at radius 1 is 0.644 bits per heavy atom. The van der Waals surface area contributed by atoms with Crippen molar-refractivity contribution in [1.82, 2.24) is 20.5 Å². The Morgan fingerprint density at radius 2 is 1.12 bits per heavy atom. The Bertz CT molecular complexity index is 2140. The summed E-state index contributed by atoms with van der Waals surface area (Å²) in [6.07, 6.45) is 0.584. The molecule has 3 amide bonds. The zero-order valence-corrected chi connectivity index (χ0v) is 34.8. The van der Waals surface area contributed by atoms with Gasteiger partial charge >= 0.3 is 12.1 Å². The van der Waals surface area contributed by atoms with E-state index in [0.29, 0.717) is 16.5 Å². The highest BCUT2D eigenvalue weighted by atomic mass is 16.6. The SMILES string of the molecule is C[C@H](N)C(=O)N[C@@H](CCC(=O)NC(c1ccccc1)(c1ccccc1)c1ccccc1)C(=O)N[C@@H](Cc1cn(C(=O)OC(C)(C)C)c2ccccc12)C(=O)OC(C)(C)C. The Kier molecular flexibility index (Phi) is 13.8. The van der Waals surface area contributed by atoms with E-state index < -0.39 is 64.7 Å². The van der Waals surface area contributed by atoms with Crippen LogP contribution in [-0.2, 0) is 40.6 Å². The molecule has 0 saturated carbocycles. The summed E-state index contributed by atoms with van der Waals surface area (Å²) in [6, 6.07) is 32.5. The number of hydrogen-bond acceptors (Lipinski definition) is 8. The van der Waals surface area contributed by atoms with E-state index in [9.17, 15) is 24.0 Å². The van der Waals surface area contributed by atoms with Crippen LogP contribution in [0.25, 0.3) is 10.9 Å². The number of nitrogens with one attached hydrogen (secondary N) is 3. The average molecular weight is 802 g/mol. The van der Waals surface area contributed by atoms with Gasteiger partial charge in [-0.15, -0.1) is 0 Å². The zero-order chi connectivity index (χ0) is 43.0. The topological polar surface area (TPSA) is 171 Å². The highest BCUT2D eigenvalue weighted by Gasteiger charge is 2.38. The second-order valence-electron chi connectivity index (χ2n) is 16.6. The molecule has 5 aromatic rings. The maximum Gasteiger partial charge on any atom is 0.419 e. The molecule has 4 aromatic carbocycles. The summed E-state index contributed by atoms with van der Waals surface area (Å²) in [7, 11) is 0. The van der Waals surface area contributed by atoms with Crippen LogP contribution < -0.4 is 21.7 Å². The lowest BCUT2D eigenvalue weighted by molar-refractivity contribution is -0.158. The van der Waals surface area contributed by atoms with Gasteiger partial charge in [0.1, 0.15) is 28.8 Å². The summed E-state index contributed by atoms with van der Waals surface area (Å²) < 4.78 is 12.8. The van der Waals surface area contributed by atoms with E-state index >= 15 is 0 Å². The van der Waals surface area contributed by atoms with E-state index in [0.717, 1.165) is 16.7 Å². The molecular formula is C47H55N5O7. The molecule has 1 heterocycles. The van der Waals surface area contributed by atoms with Crippen molar-refractivity contribution in [3.8, 4) is 0 Å². The summed E-state index contributed by atoms with van der Waals surface area (Å²) in [6.45, 7) is 11.9. The van der Waals surface area contributed by atoms with Crippen LogP contribution >= 0.6 is 0 Å². The van der Waals surface area contributed by atoms with E-state index in [-0.39, 0.29) is 19.3 Å². The van der Waals surface area contributed by atoms with Crippen molar-refractivity contribution in [2.45, 2.75) is 103 Å². The molecule has 5 rings (SSSR count). The predicted molar refractivity (Wildman–Crippen MR) is 227 cm³/mol. The Balaban J connectivity index is 1.46. The predicted octanol–water partition coefficient (Wildman–Crippen LogP) is 6.51. The average Bonchev–Trinajstić information content (AvgIpc) is 3.56. The van der Waals surface area contributed by atoms with Crippen LogP contribution in [0.3, 0.4) is 0 Å². The molecule has 0 bridgehead atoms. The van der Waals surface area contributed by atoms with Gasteiger partial charge in [-0.3, -0.25) is 19.0 Å². The largest absolute Gasteiger partial charge is 0.458 e. The van der Waals surface area contributed by atoms with Gasteiger partial charge in [0.05, 0.1) is 11.6 Å². The summed E-state index contributed by atoms with van der Waals surface area (Å²) in [5.74, 6) is -2.47. The second kappa shape index (κ2) is 18.5. The number of esters is 1. The fourth-order valence-corrected chi connectivity index (χ4v) is 6.83. The number of nitrogens with two attached hydrogens (primary N) is 1. The third kappa shape index (κ3) is 11.2. The fraction of sp³-hybridized carbons (Fsp3) is 0.340. The third-order valence-electron chi connectivity index (χ3n) is 9.47. The van der Waals surface area contributed by atoms with E-state index in [2.05, 4.69) is 16.0 Å². The smallest absolute Gasteiger partial charge is 0.419 e. The van der Waals surface area contributed by atoms with Crippen LogP contribution in [0.2, 0.25) is 0 Å². The highest BCUT2D eigenvalue weighted by Crippen LogP contribution is 2.37. The van der Waals surface area contributed by atoms with Gasteiger partial charge in [-0.2, -0.15) is 0 Å². The number of aromatic nitrogens is 1. The first-order valence-electron chi connectivity index (χ1n) is 19.8. The minimum absolute atomic E-state index is 0.0703. The fourth-order valence-electron chi connectivity index (χ4n) is 6.83. The molecule has 0 aliphatic rings. The van der Waals surface area contributed by atoms with Gasteiger partial charge in [0.25, 0.3) is 0 Å². The molecule has 0 radical (unpaired) electrons. The molecule has 0 fully saturated rings. The van der Waals surface area contributed by atoms with Crippen molar-refractivity contribution >= 4 is 40.7 Å². The minimum atomic E-state index is -1.27. The molecule has 12 nitrogen and oxygen atoms in total. The molecule has 0 aliphatic carbocycles. The van der Waals surface area contributed by atoms with Crippen molar-refractivity contribution < 1.29 is 33.4 Å². The van der Waals surface area contributed by atoms with Crippen LogP contribution in [0.15, 0.2) is 121 Å². The standard InChI is InChI=1S/C47H55N5O7/c1-31(48)41(54)49-37(27-28-40(53)51-47(33-19-11-8-12-20-33,34-21-13-9-14-22-34)35-23-15-10-16-24-35)42(55)50-38(43(56)58-45(2,3)4)29-32-30-52(44(57)59-46(5,6)7)39-26-18-17-25-36(32)39/h8-26,30-31,37-38H,27-29,48H2,1-7H3,(H,49,54)(H,50,55)(H,51,53)/t31-,37-,38-/m0/s1. The summed E-state index contributed by atoms with van der Waals surface area (Å²) in [4.78, 5) is 68.7. The number of rotatable bonds is 14. The molecule has 0 saturated heterocycles. The summed E-state index contributed by atoms with van der Waals surface area (Å²) in [5.41, 5.74) is 6.72. The molecule has 3 atom stereocenters. The molecule has 310 valence electrons.